The first-order chi connectivity index (χ1) is 7.81. The van der Waals surface area contributed by atoms with Crippen molar-refractivity contribution in [3.8, 4) is 0 Å². The fourth-order valence-electron chi connectivity index (χ4n) is 2.39. The Hall–Kier alpha value is -1.80. The fourth-order valence-corrected chi connectivity index (χ4v) is 2.39. The number of aromatic nitrogens is 1. The van der Waals surface area contributed by atoms with Crippen LogP contribution in [-0.2, 0) is 6.54 Å². The van der Waals surface area contributed by atoms with E-state index in [1.165, 1.54) is 32.9 Å². The third kappa shape index (κ3) is 1.17. The van der Waals surface area contributed by atoms with E-state index in [-0.39, 0.29) is 0 Å². The summed E-state index contributed by atoms with van der Waals surface area (Å²) < 4.78 is 0. The number of H-pyrrole nitrogens is 1. The number of rotatable bonds is 1. The van der Waals surface area contributed by atoms with Crippen LogP contribution in [0.1, 0.15) is 11.3 Å². The molecule has 2 aromatic carbocycles. The molecule has 0 fully saturated rings. The van der Waals surface area contributed by atoms with Gasteiger partial charge in [-0.25, -0.2) is 0 Å². The number of hydrogen-bond acceptors (Lipinski definition) is 1. The summed E-state index contributed by atoms with van der Waals surface area (Å²) in [6, 6.07) is 12.7. The minimum atomic E-state index is 0.587. The summed E-state index contributed by atoms with van der Waals surface area (Å²) in [6.45, 7) is 2.67. The standard InChI is InChI=1S/C14H14N2/c1-9-13(8-15)12-7-6-10-4-2-3-5-11(10)14(12)16-9/h2-7,16H,8,15H2,1H3. The molecular weight excluding hydrogens is 196 g/mol. The van der Waals surface area contributed by atoms with E-state index in [4.69, 9.17) is 5.73 Å². The molecular formula is C14H14N2. The second-order valence-electron chi connectivity index (χ2n) is 4.14. The monoisotopic (exact) mass is 210 g/mol. The molecule has 3 N–H and O–H groups in total. The smallest absolute Gasteiger partial charge is 0.0539 e. The van der Waals surface area contributed by atoms with Crippen LogP contribution in [0.15, 0.2) is 36.4 Å². The molecule has 3 rings (SSSR count). The van der Waals surface area contributed by atoms with Crippen LogP contribution in [0.3, 0.4) is 0 Å². The van der Waals surface area contributed by atoms with E-state index < -0.39 is 0 Å². The molecule has 16 heavy (non-hydrogen) atoms. The van der Waals surface area contributed by atoms with Crippen molar-refractivity contribution in [2.24, 2.45) is 5.73 Å². The number of hydrogen-bond donors (Lipinski definition) is 2. The zero-order chi connectivity index (χ0) is 11.1. The van der Waals surface area contributed by atoms with Gasteiger partial charge in [-0.2, -0.15) is 0 Å². The van der Waals surface area contributed by atoms with Gasteiger partial charge in [0.05, 0.1) is 5.52 Å². The van der Waals surface area contributed by atoms with E-state index in [9.17, 15) is 0 Å². The van der Waals surface area contributed by atoms with Crippen molar-refractivity contribution in [3.05, 3.63) is 47.7 Å². The summed E-state index contributed by atoms with van der Waals surface area (Å²) in [6.07, 6.45) is 0. The Labute approximate surface area is 94.1 Å². The van der Waals surface area contributed by atoms with Crippen molar-refractivity contribution in [3.63, 3.8) is 0 Å². The summed E-state index contributed by atoms with van der Waals surface area (Å²) in [4.78, 5) is 3.44. The van der Waals surface area contributed by atoms with Crippen LogP contribution in [0, 0.1) is 6.92 Å². The third-order valence-corrected chi connectivity index (χ3v) is 3.22. The van der Waals surface area contributed by atoms with Crippen molar-refractivity contribution < 1.29 is 0 Å². The maximum absolute atomic E-state index is 5.79. The molecule has 1 heterocycles. The topological polar surface area (TPSA) is 41.8 Å². The molecule has 0 saturated heterocycles. The van der Waals surface area contributed by atoms with Crippen LogP contribution >= 0.6 is 0 Å². The van der Waals surface area contributed by atoms with E-state index >= 15 is 0 Å². The number of nitrogens with one attached hydrogen (secondary N) is 1. The van der Waals surface area contributed by atoms with Crippen LogP contribution in [0.25, 0.3) is 21.7 Å². The van der Waals surface area contributed by atoms with Crippen LogP contribution < -0.4 is 5.73 Å². The molecule has 2 heteroatoms. The van der Waals surface area contributed by atoms with E-state index in [1.54, 1.807) is 0 Å². The highest BCUT2D eigenvalue weighted by Gasteiger charge is 2.08. The molecule has 0 radical (unpaired) electrons. The van der Waals surface area contributed by atoms with Gasteiger partial charge in [0.15, 0.2) is 0 Å². The number of fused-ring (bicyclic) bond motifs is 3. The highest BCUT2D eigenvalue weighted by atomic mass is 14.7. The van der Waals surface area contributed by atoms with Gasteiger partial charge in [-0.1, -0.05) is 36.4 Å². The van der Waals surface area contributed by atoms with Crippen molar-refractivity contribution in [1.29, 1.82) is 0 Å². The Morgan fingerprint density at radius 1 is 1.06 bits per heavy atom. The summed E-state index contributed by atoms with van der Waals surface area (Å²) in [7, 11) is 0. The molecule has 0 bridgehead atoms. The molecule has 2 nitrogen and oxygen atoms in total. The first-order valence-corrected chi connectivity index (χ1v) is 5.50. The van der Waals surface area contributed by atoms with Gasteiger partial charge in [0, 0.05) is 23.0 Å². The van der Waals surface area contributed by atoms with Crippen molar-refractivity contribution >= 4 is 21.7 Å². The average molecular weight is 210 g/mol. The quantitative estimate of drug-likeness (QED) is 0.636. The van der Waals surface area contributed by atoms with Crippen LogP contribution in [0.5, 0.6) is 0 Å². The van der Waals surface area contributed by atoms with Crippen molar-refractivity contribution in [2.45, 2.75) is 13.5 Å². The normalized spacial score (nSPS) is 11.4. The Kier molecular flexibility index (Phi) is 1.98. The lowest BCUT2D eigenvalue weighted by molar-refractivity contribution is 1.05. The minimum Gasteiger partial charge on any atom is -0.358 e. The Balaban J connectivity index is 2.52. The lowest BCUT2D eigenvalue weighted by Gasteiger charge is -1.99. The summed E-state index contributed by atoms with van der Waals surface area (Å²) in [5, 5.41) is 3.78. The molecule has 0 unspecified atom stereocenters. The fraction of sp³-hybridized carbons (Fsp3) is 0.143. The van der Waals surface area contributed by atoms with Gasteiger partial charge < -0.3 is 10.7 Å². The molecule has 3 aromatic rings. The average Bonchev–Trinajstić information content (AvgIpc) is 2.65. The molecule has 0 aliphatic heterocycles. The lowest BCUT2D eigenvalue weighted by Crippen LogP contribution is -1.96. The third-order valence-electron chi connectivity index (χ3n) is 3.22. The minimum absolute atomic E-state index is 0.587. The molecule has 1 aromatic heterocycles. The van der Waals surface area contributed by atoms with Gasteiger partial charge in [0.2, 0.25) is 0 Å². The van der Waals surface area contributed by atoms with E-state index in [2.05, 4.69) is 48.3 Å². The van der Waals surface area contributed by atoms with Crippen LogP contribution in [0.2, 0.25) is 0 Å². The van der Waals surface area contributed by atoms with E-state index in [1.807, 2.05) is 0 Å². The zero-order valence-corrected chi connectivity index (χ0v) is 9.25. The maximum Gasteiger partial charge on any atom is 0.0539 e. The molecule has 0 saturated carbocycles. The first-order valence-electron chi connectivity index (χ1n) is 5.50. The van der Waals surface area contributed by atoms with Crippen molar-refractivity contribution in [2.75, 3.05) is 0 Å². The van der Waals surface area contributed by atoms with Gasteiger partial charge >= 0.3 is 0 Å². The molecule has 0 amide bonds. The number of aryl methyl sites for hydroxylation is 1. The highest BCUT2D eigenvalue weighted by molar-refractivity contribution is 6.07. The molecule has 0 atom stereocenters. The van der Waals surface area contributed by atoms with Gasteiger partial charge in [0.1, 0.15) is 0 Å². The van der Waals surface area contributed by atoms with Crippen LogP contribution in [0.4, 0.5) is 0 Å². The Morgan fingerprint density at radius 2 is 1.88 bits per heavy atom. The molecule has 0 aliphatic rings. The van der Waals surface area contributed by atoms with E-state index in [0.717, 1.165) is 0 Å². The molecule has 0 aliphatic carbocycles. The summed E-state index contributed by atoms with van der Waals surface area (Å²) in [5.41, 5.74) is 9.39. The number of aromatic amines is 1. The van der Waals surface area contributed by atoms with Crippen LogP contribution in [-0.4, -0.2) is 4.98 Å². The van der Waals surface area contributed by atoms with Gasteiger partial charge in [0.25, 0.3) is 0 Å². The largest absolute Gasteiger partial charge is 0.358 e. The van der Waals surface area contributed by atoms with Gasteiger partial charge in [-0.15, -0.1) is 0 Å². The van der Waals surface area contributed by atoms with Gasteiger partial charge in [-0.3, -0.25) is 0 Å². The molecule has 80 valence electrons. The van der Waals surface area contributed by atoms with E-state index in [0.29, 0.717) is 6.54 Å². The molecule has 0 spiro atoms. The Bertz CT molecular complexity index is 665. The Morgan fingerprint density at radius 3 is 2.69 bits per heavy atom. The maximum atomic E-state index is 5.79. The summed E-state index contributed by atoms with van der Waals surface area (Å²) in [5.74, 6) is 0. The second-order valence-corrected chi connectivity index (χ2v) is 4.14. The summed E-state index contributed by atoms with van der Waals surface area (Å²) >= 11 is 0. The highest BCUT2D eigenvalue weighted by Crippen LogP contribution is 2.28. The SMILES string of the molecule is Cc1[nH]c2c(ccc3ccccc32)c1CN. The lowest BCUT2D eigenvalue weighted by atomic mass is 10.1. The van der Waals surface area contributed by atoms with Gasteiger partial charge in [-0.05, 0) is 17.9 Å². The predicted molar refractivity (Wildman–Crippen MR) is 68.4 cm³/mol. The number of nitrogens with two attached hydrogens (primary N) is 1. The number of benzene rings is 2. The second kappa shape index (κ2) is 3.35. The first kappa shape index (κ1) is 9.43. The predicted octanol–water partition coefficient (Wildman–Crippen LogP) is 3.09. The zero-order valence-electron chi connectivity index (χ0n) is 9.25. The van der Waals surface area contributed by atoms with Crippen molar-refractivity contribution in [1.82, 2.24) is 4.98 Å².